The van der Waals surface area contributed by atoms with Crippen LogP contribution in [0.4, 0.5) is 0 Å². The van der Waals surface area contributed by atoms with Crippen LogP contribution in [0.2, 0.25) is 5.02 Å². The Kier molecular flexibility index (Phi) is 5.61. The summed E-state index contributed by atoms with van der Waals surface area (Å²) in [6.07, 6.45) is 9.13. The molecule has 1 saturated carbocycles. The molecule has 1 aromatic heterocycles. The second kappa shape index (κ2) is 7.22. The average Bonchev–Trinajstić information content (AvgIpc) is 2.93. The van der Waals surface area contributed by atoms with Gasteiger partial charge in [0.15, 0.2) is 0 Å². The summed E-state index contributed by atoms with van der Waals surface area (Å²) < 4.78 is 0. The van der Waals surface area contributed by atoms with Crippen molar-refractivity contribution < 1.29 is 0 Å². The van der Waals surface area contributed by atoms with E-state index in [1.54, 1.807) is 6.20 Å². The van der Waals surface area contributed by atoms with E-state index in [1.165, 1.54) is 25.7 Å². The minimum Gasteiger partial charge on any atom is -0.302 e. The molecule has 0 atom stereocenters. The molecule has 0 radical (unpaired) electrons. The fourth-order valence-electron chi connectivity index (χ4n) is 2.75. The molecule has 1 aliphatic carbocycles. The predicted molar refractivity (Wildman–Crippen MR) is 80.5 cm³/mol. The second-order valence-corrected chi connectivity index (χ2v) is 6.03. The smallest absolute Gasteiger partial charge is 0.0481 e. The summed E-state index contributed by atoms with van der Waals surface area (Å²) in [6.45, 7) is 3.06. The minimum absolute atomic E-state index is 0.801. The summed E-state index contributed by atoms with van der Waals surface area (Å²) in [4.78, 5) is 8.96. The van der Waals surface area contributed by atoms with Gasteiger partial charge < -0.3 is 9.80 Å². The molecule has 0 bridgehead atoms. The fraction of sp³-hybridized carbons (Fsp3) is 0.667. The van der Waals surface area contributed by atoms with Crippen LogP contribution in [0.15, 0.2) is 18.5 Å². The van der Waals surface area contributed by atoms with Crippen molar-refractivity contribution in [3.05, 3.63) is 29.0 Å². The maximum atomic E-state index is 6.16. The number of rotatable bonds is 6. The van der Waals surface area contributed by atoms with E-state index in [0.717, 1.165) is 36.3 Å². The Morgan fingerprint density at radius 1 is 1.26 bits per heavy atom. The zero-order valence-corrected chi connectivity index (χ0v) is 12.7. The van der Waals surface area contributed by atoms with E-state index in [0.29, 0.717) is 0 Å². The third kappa shape index (κ3) is 4.44. The van der Waals surface area contributed by atoms with Crippen molar-refractivity contribution in [3.8, 4) is 0 Å². The van der Waals surface area contributed by atoms with Crippen LogP contribution in [0.1, 0.15) is 31.2 Å². The Morgan fingerprint density at radius 2 is 2.00 bits per heavy atom. The van der Waals surface area contributed by atoms with Crippen LogP contribution in [-0.2, 0) is 6.54 Å². The van der Waals surface area contributed by atoms with E-state index in [4.69, 9.17) is 11.6 Å². The number of nitrogens with zero attached hydrogens (tertiary/aromatic N) is 3. The highest BCUT2D eigenvalue weighted by Crippen LogP contribution is 2.22. The van der Waals surface area contributed by atoms with Gasteiger partial charge in [-0.3, -0.25) is 4.98 Å². The van der Waals surface area contributed by atoms with Gasteiger partial charge in [0, 0.05) is 48.7 Å². The number of pyridine rings is 1. The summed E-state index contributed by atoms with van der Waals surface area (Å²) in [5.74, 6) is 0. The van der Waals surface area contributed by atoms with E-state index in [9.17, 15) is 0 Å². The molecule has 19 heavy (non-hydrogen) atoms. The van der Waals surface area contributed by atoms with Gasteiger partial charge in [-0.25, -0.2) is 0 Å². The maximum Gasteiger partial charge on any atom is 0.0481 e. The third-order valence-corrected chi connectivity index (χ3v) is 4.44. The van der Waals surface area contributed by atoms with E-state index in [-0.39, 0.29) is 0 Å². The average molecular weight is 282 g/mol. The van der Waals surface area contributed by atoms with E-state index in [2.05, 4.69) is 28.9 Å². The Morgan fingerprint density at radius 3 is 2.68 bits per heavy atom. The van der Waals surface area contributed by atoms with Crippen molar-refractivity contribution in [1.29, 1.82) is 0 Å². The highest BCUT2D eigenvalue weighted by Gasteiger charge is 2.19. The number of hydrogen-bond donors (Lipinski definition) is 0. The normalized spacial score (nSPS) is 16.7. The topological polar surface area (TPSA) is 19.4 Å². The first-order valence-electron chi connectivity index (χ1n) is 7.14. The van der Waals surface area contributed by atoms with Crippen LogP contribution in [-0.4, -0.2) is 48.0 Å². The van der Waals surface area contributed by atoms with Crippen molar-refractivity contribution >= 4 is 11.6 Å². The Hall–Kier alpha value is -0.640. The lowest BCUT2D eigenvalue weighted by Gasteiger charge is -2.26. The largest absolute Gasteiger partial charge is 0.302 e. The van der Waals surface area contributed by atoms with Gasteiger partial charge in [-0.1, -0.05) is 24.4 Å². The van der Waals surface area contributed by atoms with Gasteiger partial charge in [-0.05, 0) is 33.0 Å². The van der Waals surface area contributed by atoms with Gasteiger partial charge in [-0.2, -0.15) is 0 Å². The van der Waals surface area contributed by atoms with Crippen LogP contribution in [0.3, 0.4) is 0 Å². The summed E-state index contributed by atoms with van der Waals surface area (Å²) in [5.41, 5.74) is 1.11. The van der Waals surface area contributed by atoms with Crippen LogP contribution >= 0.6 is 11.6 Å². The summed E-state index contributed by atoms with van der Waals surface area (Å²) >= 11 is 6.16. The van der Waals surface area contributed by atoms with Crippen molar-refractivity contribution in [2.75, 3.05) is 27.2 Å². The molecule has 1 heterocycles. The zero-order chi connectivity index (χ0) is 13.7. The first-order valence-corrected chi connectivity index (χ1v) is 7.52. The lowest BCUT2D eigenvalue weighted by molar-refractivity contribution is 0.204. The molecule has 1 aromatic rings. The molecule has 2 rings (SSSR count). The number of aromatic nitrogens is 1. The maximum absolute atomic E-state index is 6.16. The molecule has 0 saturated heterocycles. The predicted octanol–water partition coefficient (Wildman–Crippen LogP) is 3.04. The highest BCUT2D eigenvalue weighted by molar-refractivity contribution is 6.31. The standard InChI is InChI=1S/C15H24ClN3/c1-18(12-13-11-17-8-7-15(13)16)9-10-19(2)14-5-3-4-6-14/h7-8,11,14H,3-6,9-10,12H2,1-2H3. The minimum atomic E-state index is 0.801. The van der Waals surface area contributed by atoms with Gasteiger partial charge in [0.1, 0.15) is 0 Å². The van der Waals surface area contributed by atoms with Crippen molar-refractivity contribution in [1.82, 2.24) is 14.8 Å². The highest BCUT2D eigenvalue weighted by atomic mass is 35.5. The molecular weight excluding hydrogens is 258 g/mol. The van der Waals surface area contributed by atoms with Crippen LogP contribution in [0.5, 0.6) is 0 Å². The summed E-state index contributed by atoms with van der Waals surface area (Å²) in [5, 5.41) is 0.811. The Balaban J connectivity index is 1.75. The molecule has 0 unspecified atom stereocenters. The molecule has 1 fully saturated rings. The number of likely N-dealkylation sites (N-methyl/N-ethyl adjacent to an activating group) is 2. The molecule has 3 nitrogen and oxygen atoms in total. The molecule has 106 valence electrons. The van der Waals surface area contributed by atoms with Gasteiger partial charge in [-0.15, -0.1) is 0 Å². The molecule has 1 aliphatic rings. The Labute approximate surface area is 121 Å². The van der Waals surface area contributed by atoms with E-state index >= 15 is 0 Å². The SMILES string of the molecule is CN(CCN(C)C1CCCC1)Cc1cnccc1Cl. The molecular formula is C15H24ClN3. The lowest BCUT2D eigenvalue weighted by atomic mass is 10.2. The summed E-state index contributed by atoms with van der Waals surface area (Å²) in [7, 11) is 4.40. The third-order valence-electron chi connectivity index (χ3n) is 4.07. The van der Waals surface area contributed by atoms with Crippen molar-refractivity contribution in [2.45, 2.75) is 38.3 Å². The van der Waals surface area contributed by atoms with Crippen molar-refractivity contribution in [3.63, 3.8) is 0 Å². The number of halogens is 1. The molecule has 0 aromatic carbocycles. The quantitative estimate of drug-likeness (QED) is 0.799. The lowest BCUT2D eigenvalue weighted by Crippen LogP contribution is -2.36. The number of hydrogen-bond acceptors (Lipinski definition) is 3. The fourth-order valence-corrected chi connectivity index (χ4v) is 2.92. The Bertz CT molecular complexity index is 391. The second-order valence-electron chi connectivity index (χ2n) is 5.62. The van der Waals surface area contributed by atoms with Gasteiger partial charge in [0.05, 0.1) is 0 Å². The van der Waals surface area contributed by atoms with E-state index in [1.807, 2.05) is 12.3 Å². The zero-order valence-electron chi connectivity index (χ0n) is 12.0. The molecule has 0 amide bonds. The van der Waals surface area contributed by atoms with Crippen LogP contribution in [0, 0.1) is 0 Å². The van der Waals surface area contributed by atoms with Crippen LogP contribution < -0.4 is 0 Å². The van der Waals surface area contributed by atoms with Crippen molar-refractivity contribution in [2.24, 2.45) is 0 Å². The van der Waals surface area contributed by atoms with Gasteiger partial charge in [0.25, 0.3) is 0 Å². The van der Waals surface area contributed by atoms with Crippen LogP contribution in [0.25, 0.3) is 0 Å². The molecule has 0 N–H and O–H groups in total. The van der Waals surface area contributed by atoms with Gasteiger partial charge in [0.2, 0.25) is 0 Å². The first kappa shape index (κ1) is 14.8. The molecule has 4 heteroatoms. The monoisotopic (exact) mass is 281 g/mol. The van der Waals surface area contributed by atoms with E-state index < -0.39 is 0 Å². The molecule has 0 aliphatic heterocycles. The first-order chi connectivity index (χ1) is 9.16. The summed E-state index contributed by atoms with van der Waals surface area (Å²) in [6, 6.07) is 2.66. The van der Waals surface area contributed by atoms with Gasteiger partial charge >= 0.3 is 0 Å². The molecule has 0 spiro atoms.